The SMILES string of the molecule is Cc1cc(C)c(-c2ccccc2)c(C)c1C(=O)OP(O)(O)(O)c1ccccc1. The Balaban J connectivity index is 2.08. The van der Waals surface area contributed by atoms with Gasteiger partial charge in [0.1, 0.15) is 0 Å². The molecule has 0 bridgehead atoms. The van der Waals surface area contributed by atoms with Crippen molar-refractivity contribution in [3.05, 3.63) is 89.0 Å². The van der Waals surface area contributed by atoms with Gasteiger partial charge in [-0.1, -0.05) is 0 Å². The molecular weight excluding hydrogens is 375 g/mol. The fraction of sp³-hybridized carbons (Fsp3) is 0.136. The van der Waals surface area contributed by atoms with E-state index in [2.05, 4.69) is 0 Å². The van der Waals surface area contributed by atoms with Crippen molar-refractivity contribution in [1.29, 1.82) is 0 Å². The number of rotatable bonds is 4. The van der Waals surface area contributed by atoms with Crippen molar-refractivity contribution < 1.29 is 24.0 Å². The van der Waals surface area contributed by atoms with Crippen LogP contribution in [0, 0.1) is 20.8 Å². The fourth-order valence-electron chi connectivity index (χ4n) is 3.49. The van der Waals surface area contributed by atoms with E-state index in [1.807, 2.05) is 43.3 Å². The summed E-state index contributed by atoms with van der Waals surface area (Å²) in [6, 6.07) is 18.7. The van der Waals surface area contributed by atoms with Crippen molar-refractivity contribution in [2.24, 2.45) is 0 Å². The van der Waals surface area contributed by atoms with Crippen molar-refractivity contribution in [2.75, 3.05) is 0 Å². The second-order valence-electron chi connectivity index (χ2n) is 6.87. The van der Waals surface area contributed by atoms with Crippen molar-refractivity contribution >= 4 is 18.8 Å². The molecule has 0 aliphatic carbocycles. The molecule has 0 radical (unpaired) electrons. The van der Waals surface area contributed by atoms with Gasteiger partial charge in [-0.25, -0.2) is 0 Å². The molecule has 3 aromatic carbocycles. The number of aryl methyl sites for hydroxylation is 2. The normalized spacial score (nSPS) is 12.9. The zero-order valence-electron chi connectivity index (χ0n) is 16.0. The van der Waals surface area contributed by atoms with Crippen LogP contribution in [0.5, 0.6) is 0 Å². The molecule has 0 atom stereocenters. The molecule has 0 aromatic heterocycles. The van der Waals surface area contributed by atoms with Crippen LogP contribution in [-0.4, -0.2) is 20.6 Å². The molecule has 0 saturated heterocycles. The molecule has 0 saturated carbocycles. The Labute approximate surface area is 164 Å². The third-order valence-electron chi connectivity index (χ3n) is 4.70. The average Bonchev–Trinajstić information content (AvgIpc) is 2.62. The van der Waals surface area contributed by atoms with E-state index >= 15 is 0 Å². The van der Waals surface area contributed by atoms with Crippen molar-refractivity contribution in [1.82, 2.24) is 0 Å². The van der Waals surface area contributed by atoms with Gasteiger partial charge in [-0.05, 0) is 0 Å². The van der Waals surface area contributed by atoms with Gasteiger partial charge in [0.25, 0.3) is 0 Å². The van der Waals surface area contributed by atoms with E-state index in [-0.39, 0.29) is 10.9 Å². The van der Waals surface area contributed by atoms with E-state index in [4.69, 9.17) is 4.52 Å². The van der Waals surface area contributed by atoms with E-state index in [9.17, 15) is 19.5 Å². The minimum absolute atomic E-state index is 0.200. The molecule has 0 spiro atoms. The minimum atomic E-state index is -5.82. The summed E-state index contributed by atoms with van der Waals surface area (Å²) in [5.41, 5.74) is 4.26. The Bertz CT molecular complexity index is 1020. The van der Waals surface area contributed by atoms with E-state index < -0.39 is 13.5 Å². The summed E-state index contributed by atoms with van der Waals surface area (Å²) in [5, 5.41) is -0.243. The quantitative estimate of drug-likeness (QED) is 0.580. The third-order valence-corrected chi connectivity index (χ3v) is 6.40. The Morgan fingerprint density at radius 1 is 0.821 bits per heavy atom. The Morgan fingerprint density at radius 2 is 1.36 bits per heavy atom. The summed E-state index contributed by atoms with van der Waals surface area (Å²) in [6.45, 7) is 5.48. The first-order chi connectivity index (χ1) is 13.1. The van der Waals surface area contributed by atoms with Crippen molar-refractivity contribution in [2.45, 2.75) is 20.8 Å². The third kappa shape index (κ3) is 3.84. The Kier molecular flexibility index (Phi) is 5.13. The summed E-state index contributed by atoms with van der Waals surface area (Å²) < 4.78 is 4.95. The van der Waals surface area contributed by atoms with E-state index in [1.165, 1.54) is 24.3 Å². The molecule has 146 valence electrons. The number of benzene rings is 3. The summed E-state index contributed by atoms with van der Waals surface area (Å²) in [4.78, 5) is 44.1. The summed E-state index contributed by atoms with van der Waals surface area (Å²) in [7, 11) is -5.82. The molecule has 0 aliphatic rings. The summed E-state index contributed by atoms with van der Waals surface area (Å²) in [5.74, 6) is -0.985. The van der Waals surface area contributed by atoms with Gasteiger partial charge in [0.05, 0.1) is 0 Å². The van der Waals surface area contributed by atoms with Gasteiger partial charge in [0.15, 0.2) is 0 Å². The van der Waals surface area contributed by atoms with E-state index in [1.54, 1.807) is 19.9 Å². The molecule has 0 heterocycles. The molecular formula is C22H23O5P. The standard InChI is InChI=1S/C22H23O5P/c1-15-14-16(2)21(17(3)20(15)18-10-6-4-7-11-18)22(23)27-28(24,25,26)19-12-8-5-9-13-19/h4-14,24-26H,1-3H3. The molecule has 0 aliphatic heterocycles. The van der Waals surface area contributed by atoms with Crippen LogP contribution in [0.1, 0.15) is 27.0 Å². The topological polar surface area (TPSA) is 87.0 Å². The molecule has 0 unspecified atom stereocenters. The Hall–Kier alpha value is -2.56. The number of carbonyl (C=O) groups is 1. The van der Waals surface area contributed by atoms with Gasteiger partial charge in [-0.3, -0.25) is 0 Å². The van der Waals surface area contributed by atoms with Crippen LogP contribution in [-0.2, 0) is 4.52 Å². The zero-order valence-corrected chi connectivity index (χ0v) is 16.9. The van der Waals surface area contributed by atoms with Crippen LogP contribution < -0.4 is 5.30 Å². The van der Waals surface area contributed by atoms with Crippen LogP contribution in [0.4, 0.5) is 0 Å². The van der Waals surface area contributed by atoms with Gasteiger partial charge in [-0.15, -0.1) is 0 Å². The first kappa shape index (κ1) is 20.2. The average molecular weight is 398 g/mol. The first-order valence-electron chi connectivity index (χ1n) is 8.81. The number of hydrogen-bond acceptors (Lipinski definition) is 5. The van der Waals surface area contributed by atoms with Crippen LogP contribution in [0.3, 0.4) is 0 Å². The fourth-order valence-corrected chi connectivity index (χ4v) is 4.68. The number of carbonyl (C=O) groups excluding carboxylic acids is 1. The van der Waals surface area contributed by atoms with Crippen LogP contribution in [0.15, 0.2) is 66.7 Å². The summed E-state index contributed by atoms with van der Waals surface area (Å²) in [6.07, 6.45) is 0. The van der Waals surface area contributed by atoms with E-state index in [0.29, 0.717) is 11.1 Å². The predicted molar refractivity (Wildman–Crippen MR) is 111 cm³/mol. The van der Waals surface area contributed by atoms with Crippen LogP contribution >= 0.6 is 7.51 Å². The van der Waals surface area contributed by atoms with Gasteiger partial charge in [-0.2, -0.15) is 0 Å². The molecule has 3 aromatic rings. The van der Waals surface area contributed by atoms with Gasteiger partial charge in [0.2, 0.25) is 0 Å². The predicted octanol–water partition coefficient (Wildman–Crippen LogP) is 3.95. The van der Waals surface area contributed by atoms with Gasteiger partial charge >= 0.3 is 164 Å². The van der Waals surface area contributed by atoms with E-state index in [0.717, 1.165) is 16.7 Å². The van der Waals surface area contributed by atoms with Crippen LogP contribution in [0.25, 0.3) is 11.1 Å². The van der Waals surface area contributed by atoms with Gasteiger partial charge in [0, 0.05) is 0 Å². The molecule has 5 nitrogen and oxygen atoms in total. The number of hydrogen-bond donors (Lipinski definition) is 3. The molecule has 6 heteroatoms. The monoisotopic (exact) mass is 398 g/mol. The maximum absolute atomic E-state index is 12.9. The molecule has 0 amide bonds. The maximum atomic E-state index is 12.9. The molecule has 28 heavy (non-hydrogen) atoms. The molecule has 0 fully saturated rings. The first-order valence-corrected chi connectivity index (χ1v) is 10.8. The van der Waals surface area contributed by atoms with Crippen LogP contribution in [0.2, 0.25) is 0 Å². The van der Waals surface area contributed by atoms with Crippen molar-refractivity contribution in [3.8, 4) is 11.1 Å². The molecule has 3 N–H and O–H groups in total. The molecule has 3 rings (SSSR count). The second-order valence-corrected chi connectivity index (χ2v) is 9.38. The summed E-state index contributed by atoms with van der Waals surface area (Å²) >= 11 is 0. The zero-order chi connectivity index (χ0) is 20.6. The second kappa shape index (κ2) is 7.12. The Morgan fingerprint density at radius 3 is 1.93 bits per heavy atom. The van der Waals surface area contributed by atoms with Gasteiger partial charge < -0.3 is 0 Å². The van der Waals surface area contributed by atoms with Crippen molar-refractivity contribution in [3.63, 3.8) is 0 Å².